The van der Waals surface area contributed by atoms with Crippen LogP contribution in [0.1, 0.15) is 20.8 Å². The fourth-order valence-corrected chi connectivity index (χ4v) is 1.23. The highest BCUT2D eigenvalue weighted by atomic mass is 16.1. The van der Waals surface area contributed by atoms with Gasteiger partial charge in [0.2, 0.25) is 0 Å². The maximum absolute atomic E-state index is 10.2. The van der Waals surface area contributed by atoms with Crippen molar-refractivity contribution < 1.29 is 4.79 Å². The van der Waals surface area contributed by atoms with Gasteiger partial charge in [0.25, 0.3) is 0 Å². The van der Waals surface area contributed by atoms with E-state index in [4.69, 9.17) is 0 Å². The van der Waals surface area contributed by atoms with Gasteiger partial charge in [0, 0.05) is 5.92 Å². The van der Waals surface area contributed by atoms with Gasteiger partial charge >= 0.3 is 0 Å². The van der Waals surface area contributed by atoms with Crippen molar-refractivity contribution in [2.24, 2.45) is 17.3 Å². The van der Waals surface area contributed by atoms with Gasteiger partial charge in [0.15, 0.2) is 0 Å². The Morgan fingerprint density at radius 3 is 1.88 bits per heavy atom. The lowest BCUT2D eigenvalue weighted by molar-refractivity contribution is -0.109. The zero-order chi connectivity index (χ0) is 6.36. The van der Waals surface area contributed by atoms with E-state index in [0.29, 0.717) is 17.3 Å². The molecular weight excluding hydrogens is 100 g/mol. The number of hydrogen-bond acceptors (Lipinski definition) is 1. The summed E-state index contributed by atoms with van der Waals surface area (Å²) in [6.45, 7) is 6.40. The van der Waals surface area contributed by atoms with E-state index in [0.717, 1.165) is 6.29 Å². The summed E-state index contributed by atoms with van der Waals surface area (Å²) in [5, 5.41) is 0. The van der Waals surface area contributed by atoms with E-state index < -0.39 is 0 Å². The Kier molecular flexibility index (Phi) is 0.969. The molecule has 0 spiro atoms. The number of aldehydes is 1. The molecule has 1 heteroatoms. The first-order chi connectivity index (χ1) is 3.60. The van der Waals surface area contributed by atoms with E-state index in [1.165, 1.54) is 0 Å². The quantitative estimate of drug-likeness (QED) is 0.469. The van der Waals surface area contributed by atoms with Gasteiger partial charge in [-0.25, -0.2) is 0 Å². The van der Waals surface area contributed by atoms with Crippen molar-refractivity contribution in [3.05, 3.63) is 0 Å². The first-order valence-electron chi connectivity index (χ1n) is 3.06. The van der Waals surface area contributed by atoms with Crippen LogP contribution in [0.3, 0.4) is 0 Å². The Balaban J connectivity index is 2.57. The molecule has 0 N–H and O–H groups in total. The molecule has 0 amide bonds. The third-order valence-electron chi connectivity index (χ3n) is 2.61. The molecular formula is C7H12O. The SMILES string of the molecule is C[C@@H]1[C@@H](C=O)C1(C)C. The molecule has 0 bridgehead atoms. The smallest absolute Gasteiger partial charge is 0.123 e. The Morgan fingerprint density at radius 2 is 1.88 bits per heavy atom. The average Bonchev–Trinajstić information content (AvgIpc) is 2.09. The van der Waals surface area contributed by atoms with Gasteiger partial charge < -0.3 is 4.79 Å². The Hall–Kier alpha value is -0.330. The highest BCUT2D eigenvalue weighted by Crippen LogP contribution is 2.56. The van der Waals surface area contributed by atoms with Crippen LogP contribution in [-0.4, -0.2) is 6.29 Å². The van der Waals surface area contributed by atoms with Crippen molar-refractivity contribution in [3.63, 3.8) is 0 Å². The van der Waals surface area contributed by atoms with E-state index in [1.54, 1.807) is 0 Å². The van der Waals surface area contributed by atoms with Crippen LogP contribution in [0.5, 0.6) is 0 Å². The predicted molar refractivity (Wildman–Crippen MR) is 32.5 cm³/mol. The lowest BCUT2D eigenvalue weighted by atomic mass is 10.1. The van der Waals surface area contributed by atoms with Gasteiger partial charge in [-0.05, 0) is 11.3 Å². The van der Waals surface area contributed by atoms with E-state index >= 15 is 0 Å². The van der Waals surface area contributed by atoms with Gasteiger partial charge in [0.1, 0.15) is 6.29 Å². The lowest BCUT2D eigenvalue weighted by Gasteiger charge is -1.93. The second-order valence-corrected chi connectivity index (χ2v) is 3.27. The monoisotopic (exact) mass is 112 g/mol. The largest absolute Gasteiger partial charge is 0.303 e. The number of carbonyl (C=O) groups is 1. The van der Waals surface area contributed by atoms with Crippen LogP contribution in [0.4, 0.5) is 0 Å². The number of hydrogen-bond donors (Lipinski definition) is 0. The molecule has 0 heterocycles. The van der Waals surface area contributed by atoms with Crippen LogP contribution in [0.25, 0.3) is 0 Å². The van der Waals surface area contributed by atoms with Crippen LogP contribution in [0.2, 0.25) is 0 Å². The van der Waals surface area contributed by atoms with Crippen molar-refractivity contribution in [1.29, 1.82) is 0 Å². The second kappa shape index (κ2) is 1.34. The third-order valence-corrected chi connectivity index (χ3v) is 2.61. The Labute approximate surface area is 50.1 Å². The molecule has 1 nitrogen and oxygen atoms in total. The molecule has 1 rings (SSSR count). The van der Waals surface area contributed by atoms with Gasteiger partial charge in [-0.1, -0.05) is 20.8 Å². The summed E-state index contributed by atoms with van der Waals surface area (Å²) >= 11 is 0. The molecule has 0 aromatic heterocycles. The van der Waals surface area contributed by atoms with Crippen LogP contribution in [-0.2, 0) is 4.79 Å². The Bertz CT molecular complexity index is 116. The summed E-state index contributed by atoms with van der Waals surface area (Å²) in [6, 6.07) is 0. The molecule has 0 saturated heterocycles. The molecule has 0 aromatic rings. The highest BCUT2D eigenvalue weighted by molar-refractivity contribution is 5.60. The molecule has 0 aliphatic heterocycles. The van der Waals surface area contributed by atoms with Crippen molar-refractivity contribution in [2.45, 2.75) is 20.8 Å². The first-order valence-corrected chi connectivity index (χ1v) is 3.06. The van der Waals surface area contributed by atoms with Gasteiger partial charge in [-0.2, -0.15) is 0 Å². The fraction of sp³-hybridized carbons (Fsp3) is 0.857. The molecule has 0 radical (unpaired) electrons. The minimum absolute atomic E-state index is 0.307. The average molecular weight is 112 g/mol. The highest BCUT2D eigenvalue weighted by Gasteiger charge is 2.54. The molecule has 46 valence electrons. The fourth-order valence-electron chi connectivity index (χ4n) is 1.23. The van der Waals surface area contributed by atoms with E-state index in [-0.39, 0.29) is 0 Å². The minimum atomic E-state index is 0.307. The lowest BCUT2D eigenvalue weighted by Crippen LogP contribution is -1.89. The van der Waals surface area contributed by atoms with Crippen molar-refractivity contribution >= 4 is 6.29 Å². The van der Waals surface area contributed by atoms with E-state index in [9.17, 15) is 4.79 Å². The predicted octanol–water partition coefficient (Wildman–Crippen LogP) is 1.48. The maximum Gasteiger partial charge on any atom is 0.123 e. The summed E-state index contributed by atoms with van der Waals surface area (Å²) in [5.41, 5.74) is 0.307. The minimum Gasteiger partial charge on any atom is -0.303 e. The van der Waals surface area contributed by atoms with Gasteiger partial charge in [-0.3, -0.25) is 0 Å². The van der Waals surface area contributed by atoms with Gasteiger partial charge in [-0.15, -0.1) is 0 Å². The van der Waals surface area contributed by atoms with Crippen molar-refractivity contribution in [2.75, 3.05) is 0 Å². The zero-order valence-electron chi connectivity index (χ0n) is 5.64. The number of carbonyl (C=O) groups excluding carboxylic acids is 1. The second-order valence-electron chi connectivity index (χ2n) is 3.27. The van der Waals surface area contributed by atoms with Crippen LogP contribution in [0.15, 0.2) is 0 Å². The van der Waals surface area contributed by atoms with Gasteiger partial charge in [0.05, 0.1) is 0 Å². The molecule has 8 heavy (non-hydrogen) atoms. The van der Waals surface area contributed by atoms with Crippen LogP contribution < -0.4 is 0 Å². The van der Waals surface area contributed by atoms with Crippen LogP contribution in [0, 0.1) is 17.3 Å². The van der Waals surface area contributed by atoms with Crippen molar-refractivity contribution in [3.8, 4) is 0 Å². The molecule has 1 aliphatic carbocycles. The molecule has 1 fully saturated rings. The molecule has 1 aliphatic rings. The molecule has 1 saturated carbocycles. The molecule has 2 atom stereocenters. The summed E-state index contributed by atoms with van der Waals surface area (Å²) in [6.07, 6.45) is 1.07. The first kappa shape index (κ1) is 5.80. The number of rotatable bonds is 1. The molecule has 0 aromatic carbocycles. The normalized spacial score (nSPS) is 41.4. The van der Waals surface area contributed by atoms with Crippen LogP contribution >= 0.6 is 0 Å². The third kappa shape index (κ3) is 0.504. The summed E-state index contributed by atoms with van der Waals surface area (Å²) < 4.78 is 0. The maximum atomic E-state index is 10.2. The van der Waals surface area contributed by atoms with E-state index in [2.05, 4.69) is 20.8 Å². The molecule has 0 unspecified atom stereocenters. The summed E-state index contributed by atoms with van der Waals surface area (Å²) in [5.74, 6) is 0.947. The van der Waals surface area contributed by atoms with E-state index in [1.807, 2.05) is 0 Å². The topological polar surface area (TPSA) is 17.1 Å². The zero-order valence-corrected chi connectivity index (χ0v) is 5.64. The van der Waals surface area contributed by atoms with Crippen molar-refractivity contribution in [1.82, 2.24) is 0 Å². The standard InChI is InChI=1S/C7H12O/c1-5-6(4-8)7(5,2)3/h4-6H,1-3H3/t5-,6-/m1/s1. The summed E-state index contributed by atoms with van der Waals surface area (Å²) in [7, 11) is 0. The summed E-state index contributed by atoms with van der Waals surface area (Å²) in [4.78, 5) is 10.2. The Morgan fingerprint density at radius 1 is 1.50 bits per heavy atom.